The van der Waals surface area contributed by atoms with Crippen molar-refractivity contribution in [2.24, 2.45) is 5.92 Å². The van der Waals surface area contributed by atoms with Gasteiger partial charge in [-0.25, -0.2) is 10.9 Å². The highest BCUT2D eigenvalue weighted by atomic mass is 16.5. The van der Waals surface area contributed by atoms with Gasteiger partial charge in [0.2, 0.25) is 5.91 Å². The summed E-state index contributed by atoms with van der Waals surface area (Å²) < 4.78 is 5.24. The van der Waals surface area contributed by atoms with Crippen LogP contribution in [0.2, 0.25) is 0 Å². The van der Waals surface area contributed by atoms with Gasteiger partial charge in [0, 0.05) is 18.0 Å². The molecule has 2 aromatic rings. The van der Waals surface area contributed by atoms with E-state index in [9.17, 15) is 15.0 Å². The van der Waals surface area contributed by atoms with Crippen molar-refractivity contribution in [1.82, 2.24) is 15.8 Å². The first-order valence-corrected chi connectivity index (χ1v) is 9.00. The molecule has 4 N–H and O–H groups in total. The molecule has 4 unspecified atom stereocenters. The summed E-state index contributed by atoms with van der Waals surface area (Å²) in [5.41, 5.74) is 8.00. The van der Waals surface area contributed by atoms with Crippen LogP contribution >= 0.6 is 0 Å². The van der Waals surface area contributed by atoms with E-state index in [2.05, 4.69) is 10.9 Å². The smallest absolute Gasteiger partial charge is 0.242 e. The lowest BCUT2D eigenvalue weighted by molar-refractivity contribution is -0.131. The fourth-order valence-electron chi connectivity index (χ4n) is 4.27. The molecule has 0 bridgehead atoms. The minimum absolute atomic E-state index is 0.0553. The predicted octanol–water partition coefficient (Wildman–Crippen LogP) is 1.11. The van der Waals surface area contributed by atoms with Crippen molar-refractivity contribution in [3.63, 3.8) is 0 Å². The highest BCUT2D eigenvalue weighted by molar-refractivity contribution is 5.86. The number of phenolic OH excluding ortho intramolecular Hbond substituents is 1. The number of β-amino-alcohol motifs (C(OH)–C–C–N with tert-alkyl or cyclic N) is 1. The third-order valence-corrected chi connectivity index (χ3v) is 5.48. The molecule has 4 rings (SSSR count). The number of nitrogens with zero attached hydrogens (tertiary/aromatic N) is 1. The van der Waals surface area contributed by atoms with Crippen LogP contribution in [0.25, 0.3) is 0 Å². The van der Waals surface area contributed by atoms with Crippen molar-refractivity contribution < 1.29 is 19.7 Å². The Labute approximate surface area is 157 Å². The molecule has 2 aliphatic heterocycles. The lowest BCUT2D eigenvalue weighted by Gasteiger charge is -2.31. The maximum Gasteiger partial charge on any atom is 0.242 e. The van der Waals surface area contributed by atoms with Crippen LogP contribution in [-0.4, -0.2) is 47.3 Å². The van der Waals surface area contributed by atoms with Gasteiger partial charge >= 0.3 is 0 Å². The number of aliphatic hydroxyl groups excluding tert-OH is 1. The summed E-state index contributed by atoms with van der Waals surface area (Å²) in [6.45, 7) is 0.157. The van der Waals surface area contributed by atoms with E-state index in [0.29, 0.717) is 0 Å². The molecule has 2 aromatic carbocycles. The maximum atomic E-state index is 13.0. The largest absolute Gasteiger partial charge is 0.508 e. The van der Waals surface area contributed by atoms with Crippen LogP contribution in [0.5, 0.6) is 11.5 Å². The molecule has 0 radical (unpaired) electrons. The molecule has 0 spiro atoms. The second-order valence-corrected chi connectivity index (χ2v) is 6.85. The number of ether oxygens (including phenoxy) is 1. The molecule has 7 heteroatoms. The van der Waals surface area contributed by atoms with Gasteiger partial charge in [-0.3, -0.25) is 4.79 Å². The van der Waals surface area contributed by atoms with Gasteiger partial charge < -0.3 is 19.8 Å². The third-order valence-electron chi connectivity index (χ3n) is 5.48. The van der Waals surface area contributed by atoms with Crippen LogP contribution < -0.4 is 15.6 Å². The fraction of sp³-hybridized carbons (Fsp3) is 0.350. The summed E-state index contributed by atoms with van der Waals surface area (Å²) in [4.78, 5) is 14.7. The monoisotopic (exact) mass is 369 g/mol. The van der Waals surface area contributed by atoms with Crippen molar-refractivity contribution in [2.45, 2.75) is 18.1 Å². The van der Waals surface area contributed by atoms with Gasteiger partial charge in [-0.2, -0.15) is 0 Å². The number of methoxy groups -OCH3 is 1. The molecule has 0 aromatic heterocycles. The zero-order valence-corrected chi connectivity index (χ0v) is 15.0. The van der Waals surface area contributed by atoms with Crippen molar-refractivity contribution in [1.29, 1.82) is 0 Å². The second-order valence-electron chi connectivity index (χ2n) is 6.85. The number of amides is 1. The molecule has 7 nitrogen and oxygen atoms in total. The summed E-state index contributed by atoms with van der Waals surface area (Å²) >= 11 is 0. The third kappa shape index (κ3) is 2.93. The van der Waals surface area contributed by atoms with Crippen molar-refractivity contribution >= 4 is 5.91 Å². The van der Waals surface area contributed by atoms with Crippen LogP contribution in [0.3, 0.4) is 0 Å². The highest BCUT2D eigenvalue weighted by Gasteiger charge is 2.55. The number of hydrogen-bond acceptors (Lipinski definition) is 6. The number of rotatable bonds is 5. The van der Waals surface area contributed by atoms with E-state index in [-0.39, 0.29) is 42.8 Å². The molecule has 2 saturated heterocycles. The zero-order chi connectivity index (χ0) is 19.0. The van der Waals surface area contributed by atoms with Gasteiger partial charge in [-0.05, 0) is 23.8 Å². The highest BCUT2D eigenvalue weighted by Crippen LogP contribution is 2.48. The number of aromatic hydroxyl groups is 1. The fourth-order valence-corrected chi connectivity index (χ4v) is 4.27. The van der Waals surface area contributed by atoms with Crippen molar-refractivity contribution in [3.05, 3.63) is 59.7 Å². The molecular weight excluding hydrogens is 346 g/mol. The van der Waals surface area contributed by atoms with Crippen LogP contribution in [0.15, 0.2) is 48.5 Å². The Morgan fingerprint density at radius 2 is 1.78 bits per heavy atom. The van der Waals surface area contributed by atoms with Crippen LogP contribution in [-0.2, 0) is 4.79 Å². The minimum atomic E-state index is -0.423. The van der Waals surface area contributed by atoms with Crippen LogP contribution in [0.1, 0.15) is 23.2 Å². The topological polar surface area (TPSA) is 94.1 Å². The Morgan fingerprint density at radius 3 is 2.44 bits per heavy atom. The Bertz CT molecular complexity index is 826. The molecule has 2 aliphatic rings. The van der Waals surface area contributed by atoms with Gasteiger partial charge in [0.15, 0.2) is 0 Å². The number of para-hydroxylation sites is 1. The minimum Gasteiger partial charge on any atom is -0.508 e. The number of benzene rings is 2. The lowest BCUT2D eigenvalue weighted by Crippen LogP contribution is -2.42. The first-order chi connectivity index (χ1) is 13.2. The number of carbonyl (C=O) groups is 1. The van der Waals surface area contributed by atoms with E-state index in [4.69, 9.17) is 4.74 Å². The van der Waals surface area contributed by atoms with E-state index in [1.54, 1.807) is 24.1 Å². The number of aliphatic hydroxyl groups is 1. The SMILES string of the molecule is COc1ccc(C2C3C(NNC3c3ccccc3O)C(=O)N2CCO)cc1. The Hall–Kier alpha value is -2.61. The molecule has 0 saturated carbocycles. The maximum absolute atomic E-state index is 13.0. The number of nitrogens with one attached hydrogen (secondary N) is 2. The average molecular weight is 369 g/mol. The van der Waals surface area contributed by atoms with E-state index in [1.165, 1.54) is 0 Å². The normalized spacial score (nSPS) is 27.0. The molecule has 142 valence electrons. The van der Waals surface area contributed by atoms with Crippen LogP contribution in [0.4, 0.5) is 0 Å². The number of carbonyl (C=O) groups excluding carboxylic acids is 1. The summed E-state index contributed by atoms with van der Waals surface area (Å²) in [7, 11) is 1.61. The summed E-state index contributed by atoms with van der Waals surface area (Å²) in [5.74, 6) is 0.748. The first kappa shape index (κ1) is 17.8. The average Bonchev–Trinajstić information content (AvgIpc) is 3.23. The van der Waals surface area contributed by atoms with Crippen molar-refractivity contribution in [2.75, 3.05) is 20.3 Å². The second kappa shape index (κ2) is 7.19. The first-order valence-electron chi connectivity index (χ1n) is 9.00. The molecule has 27 heavy (non-hydrogen) atoms. The summed E-state index contributed by atoms with van der Waals surface area (Å²) in [6, 6.07) is 13.9. The van der Waals surface area contributed by atoms with Crippen molar-refractivity contribution in [3.8, 4) is 11.5 Å². The van der Waals surface area contributed by atoms with E-state index >= 15 is 0 Å². The van der Waals surface area contributed by atoms with Gasteiger partial charge in [0.1, 0.15) is 17.5 Å². The summed E-state index contributed by atoms with van der Waals surface area (Å²) in [6.07, 6.45) is 0. The molecule has 2 fully saturated rings. The summed E-state index contributed by atoms with van der Waals surface area (Å²) in [5, 5.41) is 19.8. The lowest BCUT2D eigenvalue weighted by atomic mass is 9.83. The Kier molecular flexibility index (Phi) is 4.73. The van der Waals surface area contributed by atoms with Gasteiger partial charge in [-0.15, -0.1) is 0 Å². The number of hydrogen-bond donors (Lipinski definition) is 4. The number of hydrazine groups is 1. The quantitative estimate of drug-likeness (QED) is 0.631. The Balaban J connectivity index is 1.76. The van der Waals surface area contributed by atoms with E-state index in [0.717, 1.165) is 16.9 Å². The van der Waals surface area contributed by atoms with Gasteiger partial charge in [-0.1, -0.05) is 30.3 Å². The zero-order valence-electron chi connectivity index (χ0n) is 15.0. The molecule has 4 atom stereocenters. The number of phenols is 1. The van der Waals surface area contributed by atoms with E-state index < -0.39 is 6.04 Å². The number of likely N-dealkylation sites (tertiary alicyclic amines) is 1. The molecule has 2 heterocycles. The van der Waals surface area contributed by atoms with Gasteiger partial charge in [0.05, 0.1) is 25.8 Å². The molecule has 1 amide bonds. The van der Waals surface area contributed by atoms with E-state index in [1.807, 2.05) is 36.4 Å². The standard InChI is InChI=1S/C20H23N3O4/c1-27-13-8-6-12(7-9-13)19-16-17(14-4-2-3-5-15(14)25)21-22-18(16)20(26)23(19)10-11-24/h2-9,16-19,21-22,24-25H,10-11H2,1H3. The van der Waals surface area contributed by atoms with Gasteiger partial charge in [0.25, 0.3) is 0 Å². The molecule has 0 aliphatic carbocycles. The van der Waals surface area contributed by atoms with Crippen LogP contribution in [0, 0.1) is 5.92 Å². The Morgan fingerprint density at radius 1 is 1.07 bits per heavy atom. The molecular formula is C20H23N3O4. The number of fused-ring (bicyclic) bond motifs is 1. The predicted molar refractivity (Wildman–Crippen MR) is 98.9 cm³/mol.